The van der Waals surface area contributed by atoms with Gasteiger partial charge in [-0.1, -0.05) is 6.07 Å². The van der Waals surface area contributed by atoms with Crippen LogP contribution in [0.2, 0.25) is 0 Å². The first-order valence-electron chi connectivity index (χ1n) is 6.75. The number of carbonyl (C=O) groups is 1. The SMILES string of the molecule is CC(Cl)c1ccc(C(=O)N(C)Cc2ccc(O)c([N+](=O)[O-])c2)o1. The smallest absolute Gasteiger partial charge is 0.311 e. The molecule has 0 aliphatic carbocycles. The number of furan rings is 1. The van der Waals surface area contributed by atoms with Crippen LogP contribution in [0.3, 0.4) is 0 Å². The maximum absolute atomic E-state index is 12.3. The van der Waals surface area contributed by atoms with Crippen molar-refractivity contribution in [2.75, 3.05) is 7.05 Å². The number of rotatable bonds is 5. The molecule has 1 aromatic carbocycles. The Balaban J connectivity index is 2.14. The molecule has 0 fully saturated rings. The van der Waals surface area contributed by atoms with Gasteiger partial charge in [-0.25, -0.2) is 0 Å². The zero-order valence-electron chi connectivity index (χ0n) is 12.5. The number of nitro groups is 1. The van der Waals surface area contributed by atoms with Gasteiger partial charge >= 0.3 is 5.69 Å². The summed E-state index contributed by atoms with van der Waals surface area (Å²) in [6, 6.07) is 7.14. The summed E-state index contributed by atoms with van der Waals surface area (Å²) >= 11 is 5.89. The van der Waals surface area contributed by atoms with E-state index in [0.29, 0.717) is 11.3 Å². The van der Waals surface area contributed by atoms with Crippen molar-refractivity contribution >= 4 is 23.2 Å². The molecule has 1 heterocycles. The molecule has 23 heavy (non-hydrogen) atoms. The molecule has 0 spiro atoms. The molecule has 8 heteroatoms. The van der Waals surface area contributed by atoms with Gasteiger partial charge < -0.3 is 14.4 Å². The summed E-state index contributed by atoms with van der Waals surface area (Å²) in [5, 5.41) is 19.9. The van der Waals surface area contributed by atoms with Crippen LogP contribution in [0.15, 0.2) is 34.7 Å². The molecule has 1 aromatic heterocycles. The minimum atomic E-state index is -0.679. The van der Waals surface area contributed by atoms with Crippen LogP contribution in [0.25, 0.3) is 0 Å². The Kier molecular flexibility index (Phi) is 4.90. The van der Waals surface area contributed by atoms with E-state index in [4.69, 9.17) is 16.0 Å². The van der Waals surface area contributed by atoms with Gasteiger partial charge in [0.05, 0.1) is 10.3 Å². The summed E-state index contributed by atoms with van der Waals surface area (Å²) in [5.41, 5.74) is 0.113. The van der Waals surface area contributed by atoms with Crippen LogP contribution in [-0.4, -0.2) is 27.9 Å². The Labute approximate surface area is 137 Å². The molecular formula is C15H15ClN2O5. The third kappa shape index (κ3) is 3.81. The van der Waals surface area contributed by atoms with E-state index in [1.165, 1.54) is 29.2 Å². The predicted molar refractivity (Wildman–Crippen MR) is 83.5 cm³/mol. The van der Waals surface area contributed by atoms with Crippen molar-refractivity contribution in [2.24, 2.45) is 0 Å². The molecule has 0 radical (unpaired) electrons. The van der Waals surface area contributed by atoms with E-state index in [1.54, 1.807) is 20.0 Å². The third-order valence-corrected chi connectivity index (χ3v) is 3.45. The Morgan fingerprint density at radius 1 is 1.43 bits per heavy atom. The van der Waals surface area contributed by atoms with Gasteiger partial charge in [0, 0.05) is 19.7 Å². The number of nitro benzene ring substituents is 1. The monoisotopic (exact) mass is 338 g/mol. The maximum Gasteiger partial charge on any atom is 0.311 e. The second-order valence-electron chi connectivity index (χ2n) is 5.06. The van der Waals surface area contributed by atoms with E-state index in [2.05, 4.69) is 0 Å². The average Bonchev–Trinajstić information content (AvgIpc) is 2.98. The first-order valence-corrected chi connectivity index (χ1v) is 7.18. The minimum Gasteiger partial charge on any atom is -0.502 e. The lowest BCUT2D eigenvalue weighted by Crippen LogP contribution is -2.25. The van der Waals surface area contributed by atoms with Gasteiger partial charge in [0.1, 0.15) is 5.76 Å². The van der Waals surface area contributed by atoms with Gasteiger partial charge in [-0.15, -0.1) is 11.6 Å². The molecule has 0 bridgehead atoms. The zero-order chi connectivity index (χ0) is 17.1. The molecule has 2 aromatic rings. The van der Waals surface area contributed by atoms with E-state index >= 15 is 0 Å². The van der Waals surface area contributed by atoms with Gasteiger partial charge in [-0.05, 0) is 30.7 Å². The van der Waals surface area contributed by atoms with Gasteiger partial charge in [0.2, 0.25) is 0 Å². The lowest BCUT2D eigenvalue weighted by Gasteiger charge is -2.16. The van der Waals surface area contributed by atoms with E-state index < -0.39 is 16.4 Å². The number of halogens is 1. The fourth-order valence-electron chi connectivity index (χ4n) is 2.03. The van der Waals surface area contributed by atoms with Crippen LogP contribution in [0.4, 0.5) is 5.69 Å². The van der Waals surface area contributed by atoms with Crippen molar-refractivity contribution in [3.8, 4) is 5.75 Å². The highest BCUT2D eigenvalue weighted by molar-refractivity contribution is 6.20. The number of benzene rings is 1. The first kappa shape index (κ1) is 16.8. The van der Waals surface area contributed by atoms with Crippen LogP contribution in [0, 0.1) is 10.1 Å². The summed E-state index contributed by atoms with van der Waals surface area (Å²) in [6.07, 6.45) is 0. The molecule has 1 atom stereocenters. The second-order valence-corrected chi connectivity index (χ2v) is 5.71. The highest BCUT2D eigenvalue weighted by atomic mass is 35.5. The number of nitrogens with zero attached hydrogens (tertiary/aromatic N) is 2. The standard InChI is InChI=1S/C15H15ClN2O5/c1-9(16)13-5-6-14(23-13)15(20)17(2)8-10-3-4-12(19)11(7-10)18(21)22/h3-7,9,19H,8H2,1-2H3. The van der Waals surface area contributed by atoms with Gasteiger partial charge in [-0.3, -0.25) is 14.9 Å². The summed E-state index contributed by atoms with van der Waals surface area (Å²) in [6.45, 7) is 1.86. The highest BCUT2D eigenvalue weighted by Gasteiger charge is 2.19. The van der Waals surface area contributed by atoms with Crippen molar-refractivity contribution in [1.29, 1.82) is 0 Å². The lowest BCUT2D eigenvalue weighted by atomic mass is 10.1. The molecule has 122 valence electrons. The van der Waals surface area contributed by atoms with Crippen LogP contribution >= 0.6 is 11.6 Å². The fraction of sp³-hybridized carbons (Fsp3) is 0.267. The molecule has 2 rings (SSSR count). The number of phenolic OH excluding ortho intramolecular Hbond substituents is 1. The van der Waals surface area contributed by atoms with Gasteiger partial charge in [0.15, 0.2) is 11.5 Å². The topological polar surface area (TPSA) is 96.8 Å². The van der Waals surface area contributed by atoms with Crippen LogP contribution in [0.5, 0.6) is 5.75 Å². The Morgan fingerprint density at radius 2 is 2.13 bits per heavy atom. The maximum atomic E-state index is 12.3. The molecule has 1 amide bonds. The predicted octanol–water partition coefficient (Wildman–Crippen LogP) is 3.47. The molecule has 0 saturated carbocycles. The van der Waals surface area contributed by atoms with E-state index in [1.807, 2.05) is 0 Å². The van der Waals surface area contributed by atoms with Crippen LogP contribution in [0.1, 0.15) is 34.2 Å². The average molecular weight is 339 g/mol. The lowest BCUT2D eigenvalue weighted by molar-refractivity contribution is -0.385. The number of alkyl halides is 1. The summed E-state index contributed by atoms with van der Waals surface area (Å²) < 4.78 is 5.38. The number of phenols is 1. The number of carbonyl (C=O) groups excluding carboxylic acids is 1. The largest absolute Gasteiger partial charge is 0.502 e. The summed E-state index contributed by atoms with van der Waals surface area (Å²) in [5.74, 6) is -0.157. The summed E-state index contributed by atoms with van der Waals surface area (Å²) in [4.78, 5) is 23.8. The number of amides is 1. The van der Waals surface area contributed by atoms with Gasteiger partial charge in [-0.2, -0.15) is 0 Å². The van der Waals surface area contributed by atoms with Crippen molar-refractivity contribution in [3.05, 3.63) is 57.5 Å². The molecular weight excluding hydrogens is 324 g/mol. The van der Waals surface area contributed by atoms with Crippen molar-refractivity contribution < 1.29 is 19.2 Å². The molecule has 0 saturated heterocycles. The number of hydrogen-bond acceptors (Lipinski definition) is 5. The highest BCUT2D eigenvalue weighted by Crippen LogP contribution is 2.27. The number of hydrogen-bond donors (Lipinski definition) is 1. The first-order chi connectivity index (χ1) is 10.8. The van der Waals surface area contributed by atoms with Crippen LogP contribution in [-0.2, 0) is 6.54 Å². The van der Waals surface area contributed by atoms with Crippen molar-refractivity contribution in [1.82, 2.24) is 4.90 Å². The molecule has 0 aliphatic heterocycles. The van der Waals surface area contributed by atoms with E-state index in [9.17, 15) is 20.0 Å². The van der Waals surface area contributed by atoms with Crippen molar-refractivity contribution in [3.63, 3.8) is 0 Å². The zero-order valence-corrected chi connectivity index (χ0v) is 13.3. The Bertz CT molecular complexity index is 741. The minimum absolute atomic E-state index is 0.131. The third-order valence-electron chi connectivity index (χ3n) is 3.23. The molecule has 1 N–H and O–H groups in total. The van der Waals surface area contributed by atoms with Crippen molar-refractivity contribution in [2.45, 2.75) is 18.8 Å². The van der Waals surface area contributed by atoms with Crippen LogP contribution < -0.4 is 0 Å². The van der Waals surface area contributed by atoms with Gasteiger partial charge in [0.25, 0.3) is 5.91 Å². The quantitative estimate of drug-likeness (QED) is 0.511. The van der Waals surface area contributed by atoms with E-state index in [-0.39, 0.29) is 23.6 Å². The normalized spacial score (nSPS) is 12.0. The summed E-state index contributed by atoms with van der Waals surface area (Å²) in [7, 11) is 1.55. The molecule has 7 nitrogen and oxygen atoms in total. The Morgan fingerprint density at radius 3 is 2.70 bits per heavy atom. The molecule has 1 unspecified atom stereocenters. The molecule has 0 aliphatic rings. The second kappa shape index (κ2) is 6.70. The fourth-order valence-corrected chi connectivity index (χ4v) is 2.15. The van der Waals surface area contributed by atoms with E-state index in [0.717, 1.165) is 0 Å². The number of aromatic hydroxyl groups is 1. The Hall–Kier alpha value is -2.54.